The molecule has 2 unspecified atom stereocenters. The van der Waals surface area contributed by atoms with Gasteiger partial charge in [-0.2, -0.15) is 0 Å². The van der Waals surface area contributed by atoms with Crippen molar-refractivity contribution < 1.29 is 14.3 Å². The van der Waals surface area contributed by atoms with Crippen LogP contribution in [0.25, 0.3) is 0 Å². The lowest BCUT2D eigenvalue weighted by molar-refractivity contribution is -0.153. The maximum Gasteiger partial charge on any atom is 0.317 e. The molecule has 1 heterocycles. The predicted molar refractivity (Wildman–Crippen MR) is 61.6 cm³/mol. The highest BCUT2D eigenvalue weighted by atomic mass is 16.6. The van der Waals surface area contributed by atoms with E-state index in [0.29, 0.717) is 0 Å². The van der Waals surface area contributed by atoms with E-state index in [9.17, 15) is 9.59 Å². The number of esters is 2. The van der Waals surface area contributed by atoms with Crippen molar-refractivity contribution in [2.24, 2.45) is 17.3 Å². The van der Waals surface area contributed by atoms with E-state index < -0.39 is 5.97 Å². The second-order valence-corrected chi connectivity index (χ2v) is 5.74. The van der Waals surface area contributed by atoms with Crippen molar-refractivity contribution in [1.82, 2.24) is 0 Å². The molecular weight excluding hydrogens is 204 g/mol. The first kappa shape index (κ1) is 12.9. The lowest BCUT2D eigenvalue weighted by Gasteiger charge is -2.31. The normalized spacial score (nSPS) is 22.9. The van der Waals surface area contributed by atoms with Crippen LogP contribution in [0.3, 0.4) is 0 Å². The maximum absolute atomic E-state index is 11.6. The molecule has 2 atom stereocenters. The number of rotatable bonds is 2. The Morgan fingerprint density at radius 2 is 1.94 bits per heavy atom. The molecule has 1 fully saturated rings. The Bertz CT molecular complexity index is 330. The molecular formula is C13H20O3. The third-order valence-corrected chi connectivity index (χ3v) is 2.85. The number of allylic oxidation sites excluding steroid dienone is 2. The fourth-order valence-corrected chi connectivity index (χ4v) is 2.09. The van der Waals surface area contributed by atoms with Crippen LogP contribution in [0.1, 0.15) is 41.0 Å². The topological polar surface area (TPSA) is 43.4 Å². The van der Waals surface area contributed by atoms with Crippen LogP contribution in [-0.2, 0) is 14.3 Å². The van der Waals surface area contributed by atoms with Crippen molar-refractivity contribution in [2.45, 2.75) is 41.0 Å². The van der Waals surface area contributed by atoms with Gasteiger partial charge in [-0.1, -0.05) is 32.4 Å². The molecule has 1 rings (SSSR count). The molecule has 1 saturated heterocycles. The molecule has 1 aliphatic rings. The number of hydrogen-bond donors (Lipinski definition) is 0. The molecule has 0 bridgehead atoms. The minimum atomic E-state index is -0.397. The molecule has 90 valence electrons. The third kappa shape index (κ3) is 2.94. The van der Waals surface area contributed by atoms with Gasteiger partial charge >= 0.3 is 11.9 Å². The Kier molecular flexibility index (Phi) is 3.56. The van der Waals surface area contributed by atoms with Gasteiger partial charge in [0.25, 0.3) is 0 Å². The van der Waals surface area contributed by atoms with Crippen LogP contribution in [-0.4, -0.2) is 11.9 Å². The fraction of sp³-hybridized carbons (Fsp3) is 0.692. The van der Waals surface area contributed by atoms with Crippen molar-refractivity contribution in [3.05, 3.63) is 11.6 Å². The average Bonchev–Trinajstić information content (AvgIpc) is 2.38. The van der Waals surface area contributed by atoms with Crippen molar-refractivity contribution in [3.63, 3.8) is 0 Å². The summed E-state index contributed by atoms with van der Waals surface area (Å²) in [5, 5.41) is 0. The summed E-state index contributed by atoms with van der Waals surface area (Å²) < 4.78 is 4.62. The monoisotopic (exact) mass is 224 g/mol. The number of ether oxygens (including phenoxy) is 1. The van der Waals surface area contributed by atoms with Gasteiger partial charge in [0.15, 0.2) is 0 Å². The number of carbonyl (C=O) groups is 2. The van der Waals surface area contributed by atoms with E-state index in [1.165, 1.54) is 0 Å². The van der Waals surface area contributed by atoms with E-state index >= 15 is 0 Å². The van der Waals surface area contributed by atoms with Gasteiger partial charge in [-0.15, -0.1) is 0 Å². The van der Waals surface area contributed by atoms with Gasteiger partial charge in [0.05, 0.1) is 12.3 Å². The van der Waals surface area contributed by atoms with E-state index in [2.05, 4.69) is 31.6 Å². The summed E-state index contributed by atoms with van der Waals surface area (Å²) in [6, 6.07) is 0. The van der Waals surface area contributed by atoms with E-state index in [1.807, 2.05) is 13.8 Å². The second kappa shape index (κ2) is 4.40. The highest BCUT2D eigenvalue weighted by Crippen LogP contribution is 2.38. The molecule has 0 aromatic heterocycles. The van der Waals surface area contributed by atoms with Crippen LogP contribution in [0.5, 0.6) is 0 Å². The zero-order valence-corrected chi connectivity index (χ0v) is 10.7. The van der Waals surface area contributed by atoms with Crippen LogP contribution < -0.4 is 0 Å². The van der Waals surface area contributed by atoms with E-state index in [0.717, 1.165) is 5.57 Å². The third-order valence-electron chi connectivity index (χ3n) is 2.85. The van der Waals surface area contributed by atoms with E-state index in [-0.39, 0.29) is 29.6 Å². The largest absolute Gasteiger partial charge is 0.393 e. The Morgan fingerprint density at radius 1 is 1.38 bits per heavy atom. The average molecular weight is 224 g/mol. The molecule has 3 nitrogen and oxygen atoms in total. The molecule has 0 aliphatic carbocycles. The van der Waals surface area contributed by atoms with Gasteiger partial charge in [-0.25, -0.2) is 0 Å². The van der Waals surface area contributed by atoms with Crippen molar-refractivity contribution in [1.29, 1.82) is 0 Å². The van der Waals surface area contributed by atoms with Crippen LogP contribution >= 0.6 is 0 Å². The number of hydrogen-bond acceptors (Lipinski definition) is 3. The van der Waals surface area contributed by atoms with Gasteiger partial charge in [-0.3, -0.25) is 9.59 Å². The number of carbonyl (C=O) groups excluding carboxylic acids is 2. The Morgan fingerprint density at radius 3 is 2.25 bits per heavy atom. The predicted octanol–water partition coefficient (Wildman–Crippen LogP) is 2.70. The van der Waals surface area contributed by atoms with Crippen LogP contribution in [0, 0.1) is 17.3 Å². The Labute approximate surface area is 96.9 Å². The summed E-state index contributed by atoms with van der Waals surface area (Å²) in [5.41, 5.74) is 1.11. The second-order valence-electron chi connectivity index (χ2n) is 5.74. The van der Waals surface area contributed by atoms with Crippen LogP contribution in [0.4, 0.5) is 0 Å². The minimum absolute atomic E-state index is 0.0500. The molecule has 0 amide bonds. The highest BCUT2D eigenvalue weighted by Gasteiger charge is 2.42. The molecule has 3 heteroatoms. The molecule has 0 radical (unpaired) electrons. The Hall–Kier alpha value is -1.12. The summed E-state index contributed by atoms with van der Waals surface area (Å²) in [6.07, 6.45) is 2.29. The van der Waals surface area contributed by atoms with Crippen molar-refractivity contribution in [2.75, 3.05) is 0 Å². The molecule has 0 N–H and O–H groups in total. The van der Waals surface area contributed by atoms with Crippen LogP contribution in [0.2, 0.25) is 0 Å². The quantitative estimate of drug-likeness (QED) is 0.411. The Balaban J connectivity index is 2.99. The smallest absolute Gasteiger partial charge is 0.317 e. The van der Waals surface area contributed by atoms with Crippen molar-refractivity contribution >= 4 is 11.9 Å². The lowest BCUT2D eigenvalue weighted by atomic mass is 9.72. The summed E-state index contributed by atoms with van der Waals surface area (Å²) in [6.45, 7) is 10.2. The highest BCUT2D eigenvalue weighted by molar-refractivity contribution is 5.95. The molecule has 0 aromatic rings. The van der Waals surface area contributed by atoms with Gasteiger partial charge in [0.2, 0.25) is 0 Å². The first-order valence-corrected chi connectivity index (χ1v) is 5.61. The molecule has 0 aromatic carbocycles. The van der Waals surface area contributed by atoms with Gasteiger partial charge in [0.1, 0.15) is 0 Å². The van der Waals surface area contributed by atoms with Gasteiger partial charge in [-0.05, 0) is 25.2 Å². The van der Waals surface area contributed by atoms with E-state index in [1.54, 1.807) is 0 Å². The molecule has 0 saturated carbocycles. The van der Waals surface area contributed by atoms with Gasteiger partial charge in [0, 0.05) is 0 Å². The zero-order valence-electron chi connectivity index (χ0n) is 10.7. The first-order valence-electron chi connectivity index (χ1n) is 5.61. The maximum atomic E-state index is 11.6. The standard InChI is InChI=1S/C13H20O3/c1-8(2)6-10(13(3,4)5)9-7-11(14)16-12(9)15/h6,9-10H,7H2,1-5H3. The fourth-order valence-electron chi connectivity index (χ4n) is 2.09. The first-order chi connectivity index (χ1) is 7.21. The summed E-state index contributed by atoms with van der Waals surface area (Å²) >= 11 is 0. The SMILES string of the molecule is CC(C)=CC(C1CC(=O)OC1=O)C(C)(C)C. The summed E-state index contributed by atoms with van der Waals surface area (Å²) in [4.78, 5) is 22.7. The molecule has 1 aliphatic heterocycles. The summed E-state index contributed by atoms with van der Waals surface area (Å²) in [7, 11) is 0. The molecule has 0 spiro atoms. The molecule has 16 heavy (non-hydrogen) atoms. The van der Waals surface area contributed by atoms with E-state index in [4.69, 9.17) is 0 Å². The van der Waals surface area contributed by atoms with Gasteiger partial charge < -0.3 is 4.74 Å². The lowest BCUT2D eigenvalue weighted by Crippen LogP contribution is -2.29. The van der Waals surface area contributed by atoms with Crippen molar-refractivity contribution in [3.8, 4) is 0 Å². The van der Waals surface area contributed by atoms with Crippen LogP contribution in [0.15, 0.2) is 11.6 Å². The zero-order chi connectivity index (χ0) is 12.5. The minimum Gasteiger partial charge on any atom is -0.393 e. The summed E-state index contributed by atoms with van der Waals surface area (Å²) in [5.74, 6) is -1.03. The number of cyclic esters (lactones) is 2.